The van der Waals surface area contributed by atoms with E-state index < -0.39 is 0 Å². The molecule has 6 heteroatoms. The predicted molar refractivity (Wildman–Crippen MR) is 142 cm³/mol. The van der Waals surface area contributed by atoms with Crippen molar-refractivity contribution in [1.82, 2.24) is 4.98 Å². The fourth-order valence-corrected chi connectivity index (χ4v) is 6.27. The Morgan fingerprint density at radius 1 is 1.21 bits per heavy atom. The third-order valence-electron chi connectivity index (χ3n) is 7.70. The van der Waals surface area contributed by atoms with Crippen LogP contribution in [0.1, 0.15) is 93.0 Å². The van der Waals surface area contributed by atoms with Gasteiger partial charge in [-0.15, -0.1) is 11.3 Å². The second-order valence-corrected chi connectivity index (χ2v) is 11.0. The quantitative estimate of drug-likeness (QED) is 0.386. The van der Waals surface area contributed by atoms with Crippen LogP contribution in [0.3, 0.4) is 0 Å². The Labute approximate surface area is 209 Å². The van der Waals surface area contributed by atoms with Gasteiger partial charge in [0.15, 0.2) is 0 Å². The van der Waals surface area contributed by atoms with E-state index in [0.717, 1.165) is 54.5 Å². The Hall–Kier alpha value is -1.92. The Balaban J connectivity index is 1.32. The summed E-state index contributed by atoms with van der Waals surface area (Å²) in [6, 6.07) is 8.03. The first-order chi connectivity index (χ1) is 16.6. The maximum Gasteiger partial charge on any atom is 0.275 e. The largest absolute Gasteiger partial charge is 0.378 e. The Morgan fingerprint density at radius 2 is 2.03 bits per heavy atom. The van der Waals surface area contributed by atoms with Crippen molar-refractivity contribution in [1.29, 1.82) is 0 Å². The third-order valence-corrected chi connectivity index (χ3v) is 8.71. The average molecular weight is 484 g/mol. The number of carbonyl (C=O) groups is 1. The molecule has 0 spiro atoms. The molecule has 1 amide bonds. The molecule has 186 valence electrons. The molecular weight excluding hydrogens is 442 g/mol. The van der Waals surface area contributed by atoms with Gasteiger partial charge in [0.1, 0.15) is 5.69 Å². The van der Waals surface area contributed by atoms with Gasteiger partial charge in [-0.3, -0.25) is 4.79 Å². The minimum absolute atomic E-state index is 0.111. The van der Waals surface area contributed by atoms with E-state index in [1.807, 2.05) is 23.6 Å². The number of ether oxygens (including phenoxy) is 1. The summed E-state index contributed by atoms with van der Waals surface area (Å²) < 4.78 is 5.48. The molecule has 2 aliphatic rings. The summed E-state index contributed by atoms with van der Waals surface area (Å²) in [7, 11) is 0. The zero-order chi connectivity index (χ0) is 23.8. The van der Waals surface area contributed by atoms with Crippen molar-refractivity contribution in [2.75, 3.05) is 36.5 Å². The average Bonchev–Trinajstić information content (AvgIpc) is 3.25. The zero-order valence-electron chi connectivity index (χ0n) is 20.9. The molecular formula is C28H41N3O2S. The van der Waals surface area contributed by atoms with Crippen molar-refractivity contribution in [2.45, 2.75) is 77.6 Å². The van der Waals surface area contributed by atoms with E-state index in [9.17, 15) is 4.79 Å². The van der Waals surface area contributed by atoms with E-state index in [1.54, 1.807) is 11.3 Å². The Bertz CT molecular complexity index is 909. The molecule has 3 atom stereocenters. The normalized spacial score (nSPS) is 22.2. The van der Waals surface area contributed by atoms with Gasteiger partial charge in [-0.2, -0.15) is 0 Å². The van der Waals surface area contributed by atoms with Gasteiger partial charge < -0.3 is 15.0 Å². The number of para-hydroxylation sites is 2. The molecule has 1 aromatic heterocycles. The number of anilines is 2. The van der Waals surface area contributed by atoms with E-state index >= 15 is 0 Å². The highest BCUT2D eigenvalue weighted by molar-refractivity contribution is 7.10. The molecule has 2 heterocycles. The van der Waals surface area contributed by atoms with Crippen LogP contribution in [-0.4, -0.2) is 37.2 Å². The molecule has 0 radical (unpaired) electrons. The number of aromatic nitrogens is 1. The molecule has 2 fully saturated rings. The van der Waals surface area contributed by atoms with Gasteiger partial charge in [0.25, 0.3) is 5.91 Å². The summed E-state index contributed by atoms with van der Waals surface area (Å²) in [6.45, 7) is 7.80. The fraction of sp³-hybridized carbons (Fsp3) is 0.643. The van der Waals surface area contributed by atoms with Crippen molar-refractivity contribution in [3.8, 4) is 0 Å². The first-order valence-electron chi connectivity index (χ1n) is 13.3. The van der Waals surface area contributed by atoms with Gasteiger partial charge in [0.05, 0.1) is 29.6 Å². The topological polar surface area (TPSA) is 54.5 Å². The maximum absolute atomic E-state index is 13.1. The lowest BCUT2D eigenvalue weighted by atomic mass is 9.91. The Kier molecular flexibility index (Phi) is 9.40. The second-order valence-electron chi connectivity index (χ2n) is 10.2. The lowest BCUT2D eigenvalue weighted by Gasteiger charge is -2.30. The number of carbonyl (C=O) groups excluding carboxylic acids is 1. The molecule has 1 aliphatic heterocycles. The van der Waals surface area contributed by atoms with Gasteiger partial charge >= 0.3 is 0 Å². The van der Waals surface area contributed by atoms with Crippen LogP contribution in [-0.2, 0) is 4.74 Å². The number of hydrogen-bond acceptors (Lipinski definition) is 5. The standard InChI is InChI=1S/C28H41N3O2S/c1-3-21(2)8-6-9-22-10-7-11-23(15-14-22)28-30-25(20-34-28)27(32)29-24-12-4-5-13-26(24)31-16-18-33-19-17-31/h4-5,12-13,20-23H,3,6-11,14-19H2,1-2H3,(H,29,32). The molecule has 5 nitrogen and oxygen atoms in total. The number of rotatable bonds is 9. The molecule has 4 rings (SSSR count). The van der Waals surface area contributed by atoms with Crippen molar-refractivity contribution in [3.63, 3.8) is 0 Å². The van der Waals surface area contributed by atoms with Crippen LogP contribution in [0.5, 0.6) is 0 Å². The zero-order valence-corrected chi connectivity index (χ0v) is 21.7. The number of nitrogens with zero attached hydrogens (tertiary/aromatic N) is 2. The summed E-state index contributed by atoms with van der Waals surface area (Å²) in [4.78, 5) is 20.1. The van der Waals surface area contributed by atoms with Gasteiger partial charge in [0.2, 0.25) is 0 Å². The molecule has 34 heavy (non-hydrogen) atoms. The molecule has 1 N–H and O–H groups in total. The smallest absolute Gasteiger partial charge is 0.275 e. The van der Waals surface area contributed by atoms with Crippen molar-refractivity contribution < 1.29 is 9.53 Å². The lowest BCUT2D eigenvalue weighted by molar-refractivity contribution is 0.102. The highest BCUT2D eigenvalue weighted by atomic mass is 32.1. The number of morpholine rings is 1. The minimum atomic E-state index is -0.111. The van der Waals surface area contributed by atoms with Gasteiger partial charge in [-0.05, 0) is 43.2 Å². The second kappa shape index (κ2) is 12.7. The number of amides is 1. The van der Waals surface area contributed by atoms with Crippen molar-refractivity contribution in [2.24, 2.45) is 11.8 Å². The highest BCUT2D eigenvalue weighted by Gasteiger charge is 2.24. The summed E-state index contributed by atoms with van der Waals surface area (Å²) in [5.74, 6) is 2.12. The molecule has 2 aromatic rings. The monoisotopic (exact) mass is 483 g/mol. The fourth-order valence-electron chi connectivity index (χ4n) is 5.30. The number of thiazole rings is 1. The van der Waals surface area contributed by atoms with Crippen LogP contribution >= 0.6 is 11.3 Å². The SMILES string of the molecule is CCC(C)CCCC1CCCC(c2nc(C(=O)Nc3ccccc3N3CCOCC3)cs2)CC1. The van der Waals surface area contributed by atoms with E-state index in [2.05, 4.69) is 30.1 Å². The third kappa shape index (κ3) is 6.82. The number of benzene rings is 1. The van der Waals surface area contributed by atoms with Crippen LogP contribution in [0.25, 0.3) is 0 Å². The van der Waals surface area contributed by atoms with Crippen LogP contribution in [0.2, 0.25) is 0 Å². The number of hydrogen-bond donors (Lipinski definition) is 1. The van der Waals surface area contributed by atoms with Gasteiger partial charge in [-0.25, -0.2) is 4.98 Å². The molecule has 3 unspecified atom stereocenters. The highest BCUT2D eigenvalue weighted by Crippen LogP contribution is 2.37. The first kappa shape index (κ1) is 25.2. The van der Waals surface area contributed by atoms with Crippen LogP contribution in [0.4, 0.5) is 11.4 Å². The Morgan fingerprint density at radius 3 is 2.85 bits per heavy atom. The van der Waals surface area contributed by atoms with E-state index in [0.29, 0.717) is 11.6 Å². The van der Waals surface area contributed by atoms with Crippen molar-refractivity contribution in [3.05, 3.63) is 40.3 Å². The number of nitrogens with one attached hydrogen (secondary N) is 1. The van der Waals surface area contributed by atoms with Crippen molar-refractivity contribution >= 4 is 28.6 Å². The molecule has 1 aliphatic carbocycles. The lowest BCUT2D eigenvalue weighted by Crippen LogP contribution is -2.36. The minimum Gasteiger partial charge on any atom is -0.378 e. The van der Waals surface area contributed by atoms with Gasteiger partial charge in [-0.1, -0.05) is 64.5 Å². The first-order valence-corrected chi connectivity index (χ1v) is 14.2. The van der Waals surface area contributed by atoms with Gasteiger partial charge in [0, 0.05) is 24.4 Å². The summed E-state index contributed by atoms with van der Waals surface area (Å²) in [5.41, 5.74) is 2.45. The molecule has 1 saturated carbocycles. The molecule has 1 saturated heterocycles. The predicted octanol–water partition coefficient (Wildman–Crippen LogP) is 7.11. The molecule has 1 aromatic carbocycles. The maximum atomic E-state index is 13.1. The summed E-state index contributed by atoms with van der Waals surface area (Å²) in [6.07, 6.45) is 11.8. The van der Waals surface area contributed by atoms with E-state index in [-0.39, 0.29) is 5.91 Å². The van der Waals surface area contributed by atoms with Crippen LogP contribution in [0.15, 0.2) is 29.6 Å². The molecule has 0 bridgehead atoms. The van der Waals surface area contributed by atoms with E-state index in [1.165, 1.54) is 57.8 Å². The van der Waals surface area contributed by atoms with E-state index in [4.69, 9.17) is 9.72 Å². The summed E-state index contributed by atoms with van der Waals surface area (Å²) in [5, 5.41) is 6.21. The van der Waals surface area contributed by atoms with Crippen LogP contribution < -0.4 is 10.2 Å². The van der Waals surface area contributed by atoms with Crippen LogP contribution in [0, 0.1) is 11.8 Å². The summed E-state index contributed by atoms with van der Waals surface area (Å²) >= 11 is 1.66.